The minimum Gasteiger partial charge on any atom is -0.380 e. The van der Waals surface area contributed by atoms with Crippen LogP contribution < -0.4 is 0 Å². The van der Waals surface area contributed by atoms with Crippen LogP contribution in [0.2, 0.25) is 0 Å². The zero-order valence-corrected chi connectivity index (χ0v) is 11.9. The van der Waals surface area contributed by atoms with Crippen LogP contribution in [-0.2, 0) is 24.1 Å². The molecule has 1 rings (SSSR count). The van der Waals surface area contributed by atoms with Crippen LogP contribution in [0.3, 0.4) is 0 Å². The van der Waals surface area contributed by atoms with Gasteiger partial charge in [-0.15, -0.1) is 0 Å². The van der Waals surface area contributed by atoms with Gasteiger partial charge in [0.05, 0.1) is 24.4 Å². The maximum absolute atomic E-state index is 12.7. The molecule has 0 radical (unpaired) electrons. The van der Waals surface area contributed by atoms with E-state index in [1.807, 2.05) is 6.92 Å². The molecule has 0 unspecified atom stereocenters. The maximum Gasteiger partial charge on any atom is 0.455 e. The number of ketones is 1. The molecule has 114 valence electrons. The van der Waals surface area contributed by atoms with E-state index in [-0.39, 0.29) is 17.7 Å². The molecule has 0 aliphatic carbocycles. The molecule has 0 fully saturated rings. The van der Waals surface area contributed by atoms with E-state index in [4.69, 9.17) is 4.74 Å². The predicted octanol–water partition coefficient (Wildman–Crippen LogP) is 2.79. The Morgan fingerprint density at radius 3 is 2.35 bits per heavy atom. The van der Waals surface area contributed by atoms with E-state index in [2.05, 4.69) is 5.10 Å². The second-order valence-electron chi connectivity index (χ2n) is 4.22. The highest BCUT2D eigenvalue weighted by molar-refractivity contribution is 6.02. The van der Waals surface area contributed by atoms with Gasteiger partial charge in [-0.3, -0.25) is 9.48 Å². The quantitative estimate of drug-likeness (QED) is 0.573. The highest BCUT2D eigenvalue weighted by atomic mass is 19.4. The monoisotopic (exact) mass is 292 g/mol. The topological polar surface area (TPSA) is 44.1 Å². The smallest absolute Gasteiger partial charge is 0.380 e. The molecule has 0 saturated carbocycles. The molecule has 4 nitrogen and oxygen atoms in total. The first-order valence-corrected chi connectivity index (χ1v) is 6.64. The van der Waals surface area contributed by atoms with Gasteiger partial charge in [0.15, 0.2) is 0 Å². The van der Waals surface area contributed by atoms with Crippen LogP contribution in [0.5, 0.6) is 0 Å². The fourth-order valence-electron chi connectivity index (χ4n) is 2.04. The van der Waals surface area contributed by atoms with Gasteiger partial charge in [0, 0.05) is 12.3 Å². The van der Waals surface area contributed by atoms with Gasteiger partial charge in [-0.2, -0.15) is 18.3 Å². The average molecular weight is 292 g/mol. The minimum atomic E-state index is -4.87. The summed E-state index contributed by atoms with van der Waals surface area (Å²) in [6.45, 7) is 6.45. The molecule has 1 aromatic rings. The van der Waals surface area contributed by atoms with E-state index in [9.17, 15) is 18.0 Å². The van der Waals surface area contributed by atoms with E-state index in [0.717, 1.165) is 0 Å². The molecule has 1 heterocycles. The number of carbonyl (C=O) groups excluding carboxylic acids is 1. The summed E-state index contributed by atoms with van der Waals surface area (Å²) in [4.78, 5) is 11.6. The Hall–Kier alpha value is -1.37. The third kappa shape index (κ3) is 3.59. The summed E-state index contributed by atoms with van der Waals surface area (Å²) in [7, 11) is 0. The van der Waals surface area contributed by atoms with E-state index in [1.165, 1.54) is 4.68 Å². The summed E-state index contributed by atoms with van der Waals surface area (Å²) in [5.74, 6) is -1.81. The standard InChI is InChI=1S/C13H19F3N2O2/c1-4-9-11(12(19)13(14,15)16)10(5-2)18(17-9)7-8-20-6-3/h4-8H2,1-3H3. The van der Waals surface area contributed by atoms with Gasteiger partial charge in [-0.05, 0) is 19.8 Å². The normalized spacial score (nSPS) is 11.9. The second-order valence-corrected chi connectivity index (χ2v) is 4.22. The number of halogens is 3. The van der Waals surface area contributed by atoms with E-state index >= 15 is 0 Å². The van der Waals surface area contributed by atoms with Crippen LogP contribution in [0.1, 0.15) is 42.5 Å². The van der Waals surface area contributed by atoms with Gasteiger partial charge in [0.25, 0.3) is 5.78 Å². The molecule has 0 aliphatic heterocycles. The molecule has 1 aromatic heterocycles. The first-order valence-electron chi connectivity index (χ1n) is 6.64. The van der Waals surface area contributed by atoms with Crippen molar-refractivity contribution in [3.8, 4) is 0 Å². The number of nitrogens with zero attached hydrogens (tertiary/aromatic N) is 2. The van der Waals surface area contributed by atoms with Gasteiger partial charge in [0.1, 0.15) is 0 Å². The van der Waals surface area contributed by atoms with Gasteiger partial charge in [-0.1, -0.05) is 13.8 Å². The molecule has 0 atom stereocenters. The van der Waals surface area contributed by atoms with Crippen molar-refractivity contribution in [3.05, 3.63) is 17.0 Å². The highest BCUT2D eigenvalue weighted by Gasteiger charge is 2.42. The van der Waals surface area contributed by atoms with Crippen LogP contribution in [0.25, 0.3) is 0 Å². The minimum absolute atomic E-state index is 0.195. The summed E-state index contributed by atoms with van der Waals surface area (Å²) in [6, 6.07) is 0. The number of Topliss-reactive ketones (excluding diaryl/α,β-unsaturated/α-hetero) is 1. The lowest BCUT2D eigenvalue weighted by atomic mass is 10.0. The molecule has 0 aromatic carbocycles. The Kier molecular flexibility index (Phi) is 5.74. The van der Waals surface area contributed by atoms with Crippen LogP contribution in [0.4, 0.5) is 13.2 Å². The summed E-state index contributed by atoms with van der Waals surface area (Å²) in [5.41, 5.74) is 0.226. The number of alkyl halides is 3. The lowest BCUT2D eigenvalue weighted by Crippen LogP contribution is -2.25. The zero-order chi connectivity index (χ0) is 15.3. The molecular formula is C13H19F3N2O2. The van der Waals surface area contributed by atoms with E-state index in [0.29, 0.717) is 31.9 Å². The predicted molar refractivity (Wildman–Crippen MR) is 67.9 cm³/mol. The molecule has 0 spiro atoms. The van der Waals surface area contributed by atoms with Gasteiger partial charge in [0.2, 0.25) is 0 Å². The van der Waals surface area contributed by atoms with Crippen molar-refractivity contribution in [1.29, 1.82) is 0 Å². The number of aromatic nitrogens is 2. The Morgan fingerprint density at radius 1 is 1.25 bits per heavy atom. The van der Waals surface area contributed by atoms with Crippen LogP contribution in [-0.4, -0.2) is 35.0 Å². The maximum atomic E-state index is 12.7. The Morgan fingerprint density at radius 2 is 1.90 bits per heavy atom. The molecule has 0 aliphatic rings. The summed E-state index contributed by atoms with van der Waals surface area (Å²) >= 11 is 0. The molecular weight excluding hydrogens is 273 g/mol. The van der Waals surface area contributed by atoms with Crippen LogP contribution >= 0.6 is 0 Å². The summed E-state index contributed by atoms with van der Waals surface area (Å²) < 4.78 is 44.6. The van der Waals surface area contributed by atoms with Crippen molar-refractivity contribution in [2.45, 2.75) is 46.3 Å². The molecule has 7 heteroatoms. The highest BCUT2D eigenvalue weighted by Crippen LogP contribution is 2.26. The Labute approximate surface area is 115 Å². The molecule has 0 N–H and O–H groups in total. The number of hydrogen-bond donors (Lipinski definition) is 0. The van der Waals surface area contributed by atoms with Crippen molar-refractivity contribution in [2.24, 2.45) is 0 Å². The third-order valence-corrected chi connectivity index (χ3v) is 2.94. The van der Waals surface area contributed by atoms with Crippen LogP contribution in [0, 0.1) is 0 Å². The zero-order valence-electron chi connectivity index (χ0n) is 11.9. The fraction of sp³-hybridized carbons (Fsp3) is 0.692. The molecule has 20 heavy (non-hydrogen) atoms. The Bertz CT molecular complexity index is 467. The number of rotatable bonds is 7. The lowest BCUT2D eigenvalue weighted by Gasteiger charge is -2.09. The van der Waals surface area contributed by atoms with Crippen molar-refractivity contribution in [1.82, 2.24) is 9.78 Å². The largest absolute Gasteiger partial charge is 0.455 e. The van der Waals surface area contributed by atoms with Crippen LogP contribution in [0.15, 0.2) is 0 Å². The van der Waals surface area contributed by atoms with Gasteiger partial charge in [-0.25, -0.2) is 0 Å². The Balaban J connectivity index is 3.18. The number of ether oxygens (including phenoxy) is 1. The lowest BCUT2D eigenvalue weighted by molar-refractivity contribution is -0.0886. The first kappa shape index (κ1) is 16.7. The second kappa shape index (κ2) is 6.88. The van der Waals surface area contributed by atoms with E-state index in [1.54, 1.807) is 13.8 Å². The first-order chi connectivity index (χ1) is 9.36. The SMILES string of the molecule is CCOCCn1nc(CC)c(C(=O)C(F)(F)F)c1CC. The number of carbonyl (C=O) groups is 1. The van der Waals surface area contributed by atoms with Crippen molar-refractivity contribution in [3.63, 3.8) is 0 Å². The third-order valence-electron chi connectivity index (χ3n) is 2.94. The van der Waals surface area contributed by atoms with Gasteiger partial charge < -0.3 is 4.74 Å². The molecule has 0 saturated heterocycles. The average Bonchev–Trinajstić information content (AvgIpc) is 2.74. The molecule has 0 bridgehead atoms. The summed E-state index contributed by atoms with van der Waals surface area (Å²) in [5, 5.41) is 4.12. The number of aryl methyl sites for hydroxylation is 1. The van der Waals surface area contributed by atoms with E-state index < -0.39 is 12.0 Å². The van der Waals surface area contributed by atoms with Crippen molar-refractivity contribution in [2.75, 3.05) is 13.2 Å². The van der Waals surface area contributed by atoms with Gasteiger partial charge >= 0.3 is 6.18 Å². The number of hydrogen-bond acceptors (Lipinski definition) is 3. The van der Waals surface area contributed by atoms with Crippen molar-refractivity contribution < 1.29 is 22.7 Å². The fourth-order valence-corrected chi connectivity index (χ4v) is 2.04. The molecule has 0 amide bonds. The van der Waals surface area contributed by atoms with Crippen molar-refractivity contribution >= 4 is 5.78 Å². The summed E-state index contributed by atoms with van der Waals surface area (Å²) in [6.07, 6.45) is -4.27.